The van der Waals surface area contributed by atoms with Gasteiger partial charge in [-0.2, -0.15) is 0 Å². The fourth-order valence-corrected chi connectivity index (χ4v) is 3.82. The molecule has 0 aliphatic heterocycles. The Hall–Kier alpha value is -1.45. The van der Waals surface area contributed by atoms with Gasteiger partial charge in [0.1, 0.15) is 0 Å². The smallest absolute Gasteiger partial charge is 0.256 e. The minimum Gasteiger partial charge on any atom is -0.322 e. The van der Waals surface area contributed by atoms with Gasteiger partial charge in [-0.05, 0) is 72.8 Å². The molecule has 0 radical (unpaired) electrons. The molecule has 0 fully saturated rings. The summed E-state index contributed by atoms with van der Waals surface area (Å²) >= 11 is 2.10. The van der Waals surface area contributed by atoms with Gasteiger partial charge in [0.2, 0.25) is 10.0 Å². The van der Waals surface area contributed by atoms with Gasteiger partial charge in [0.15, 0.2) is 0 Å². The fourth-order valence-electron chi connectivity index (χ4n) is 1.94. The van der Waals surface area contributed by atoms with Crippen LogP contribution >= 0.6 is 22.6 Å². The predicted molar refractivity (Wildman–Crippen MR) is 99.0 cm³/mol. The molecule has 0 aromatic heterocycles. The molecule has 2 aromatic rings. The van der Waals surface area contributed by atoms with E-state index in [0.717, 1.165) is 3.57 Å². The molecular formula is C16H17IN2O3S. The van der Waals surface area contributed by atoms with Gasteiger partial charge in [0.05, 0.1) is 10.5 Å². The summed E-state index contributed by atoms with van der Waals surface area (Å²) in [4.78, 5) is 12.4. The van der Waals surface area contributed by atoms with Crippen molar-refractivity contribution in [2.45, 2.75) is 24.8 Å². The third-order valence-electron chi connectivity index (χ3n) is 2.93. The lowest BCUT2D eigenvalue weighted by Gasteiger charge is -2.11. The van der Waals surface area contributed by atoms with Crippen LogP contribution in [0.15, 0.2) is 53.4 Å². The third kappa shape index (κ3) is 4.76. The molecule has 0 spiro atoms. The molecule has 122 valence electrons. The van der Waals surface area contributed by atoms with Crippen LogP contribution in [0.1, 0.15) is 24.2 Å². The van der Waals surface area contributed by atoms with Crippen molar-refractivity contribution >= 4 is 44.2 Å². The number of anilines is 1. The molecule has 0 unspecified atom stereocenters. The molecule has 0 saturated heterocycles. The van der Waals surface area contributed by atoms with Gasteiger partial charge in [0.25, 0.3) is 5.91 Å². The first-order valence-corrected chi connectivity index (χ1v) is 9.54. The summed E-state index contributed by atoms with van der Waals surface area (Å²) in [5, 5.41) is 2.76. The van der Waals surface area contributed by atoms with Crippen LogP contribution in [0.4, 0.5) is 5.69 Å². The number of sulfonamides is 1. The van der Waals surface area contributed by atoms with Crippen LogP contribution in [0, 0.1) is 3.57 Å². The van der Waals surface area contributed by atoms with Crippen molar-refractivity contribution in [2.75, 3.05) is 5.32 Å². The average molecular weight is 444 g/mol. The highest BCUT2D eigenvalue weighted by Gasteiger charge is 2.15. The van der Waals surface area contributed by atoms with E-state index in [-0.39, 0.29) is 16.8 Å². The van der Waals surface area contributed by atoms with Gasteiger partial charge in [0, 0.05) is 15.3 Å². The molecule has 2 aromatic carbocycles. The van der Waals surface area contributed by atoms with Gasteiger partial charge in [-0.15, -0.1) is 0 Å². The minimum absolute atomic E-state index is 0.165. The van der Waals surface area contributed by atoms with Gasteiger partial charge in [-0.1, -0.05) is 12.1 Å². The molecule has 0 saturated carbocycles. The molecular weight excluding hydrogens is 427 g/mol. The van der Waals surface area contributed by atoms with Gasteiger partial charge >= 0.3 is 0 Å². The van der Waals surface area contributed by atoms with Crippen LogP contribution < -0.4 is 10.0 Å². The second-order valence-corrected chi connectivity index (χ2v) is 8.11. The van der Waals surface area contributed by atoms with Crippen molar-refractivity contribution in [3.8, 4) is 0 Å². The van der Waals surface area contributed by atoms with E-state index in [1.807, 2.05) is 12.1 Å². The molecule has 0 bridgehead atoms. The van der Waals surface area contributed by atoms with Gasteiger partial charge in [-0.3, -0.25) is 4.79 Å². The number of hydrogen-bond donors (Lipinski definition) is 2. The van der Waals surface area contributed by atoms with E-state index in [1.165, 1.54) is 12.1 Å². The molecule has 2 N–H and O–H groups in total. The summed E-state index contributed by atoms with van der Waals surface area (Å²) in [5.41, 5.74) is 1.12. The Kier molecular flexibility index (Phi) is 5.77. The summed E-state index contributed by atoms with van der Waals surface area (Å²) in [6.07, 6.45) is 0. The maximum Gasteiger partial charge on any atom is 0.256 e. The predicted octanol–water partition coefficient (Wildman–Crippen LogP) is 3.23. The largest absolute Gasteiger partial charge is 0.322 e. The number of benzene rings is 2. The number of carbonyl (C=O) groups is 1. The quantitative estimate of drug-likeness (QED) is 0.696. The molecule has 2 rings (SSSR count). The molecule has 0 aliphatic rings. The number of nitrogens with one attached hydrogen (secondary N) is 2. The van der Waals surface area contributed by atoms with Crippen molar-refractivity contribution in [1.29, 1.82) is 0 Å². The molecule has 1 amide bonds. The van der Waals surface area contributed by atoms with Crippen LogP contribution in [0.5, 0.6) is 0 Å². The topological polar surface area (TPSA) is 75.3 Å². The molecule has 0 heterocycles. The SMILES string of the molecule is CC(C)NS(=O)(=O)c1ccc(NC(=O)c2ccccc2I)cc1. The second kappa shape index (κ2) is 7.41. The lowest BCUT2D eigenvalue weighted by molar-refractivity contribution is 0.102. The molecule has 23 heavy (non-hydrogen) atoms. The number of hydrogen-bond acceptors (Lipinski definition) is 3. The zero-order valence-corrected chi connectivity index (χ0v) is 15.7. The Morgan fingerprint density at radius 2 is 1.65 bits per heavy atom. The lowest BCUT2D eigenvalue weighted by atomic mass is 10.2. The summed E-state index contributed by atoms with van der Waals surface area (Å²) in [6.45, 7) is 3.52. The highest BCUT2D eigenvalue weighted by atomic mass is 127. The lowest BCUT2D eigenvalue weighted by Crippen LogP contribution is -2.30. The highest BCUT2D eigenvalue weighted by Crippen LogP contribution is 2.17. The summed E-state index contributed by atoms with van der Waals surface area (Å²) in [6, 6.07) is 13.1. The number of carbonyl (C=O) groups excluding carboxylic acids is 1. The third-order valence-corrected chi connectivity index (χ3v) is 5.55. The Labute approximate surface area is 149 Å². The van der Waals surface area contributed by atoms with E-state index >= 15 is 0 Å². The maximum atomic E-state index is 12.2. The zero-order chi connectivity index (χ0) is 17.0. The number of halogens is 1. The number of amides is 1. The Morgan fingerprint density at radius 1 is 1.04 bits per heavy atom. The monoisotopic (exact) mass is 444 g/mol. The first-order chi connectivity index (χ1) is 10.8. The molecule has 0 atom stereocenters. The van der Waals surface area contributed by atoms with Crippen LogP contribution in [-0.4, -0.2) is 20.4 Å². The summed E-state index contributed by atoms with van der Waals surface area (Å²) < 4.78 is 27.4. The van der Waals surface area contributed by atoms with E-state index < -0.39 is 10.0 Å². The van der Waals surface area contributed by atoms with Gasteiger partial charge < -0.3 is 5.32 Å². The van der Waals surface area contributed by atoms with Gasteiger partial charge in [-0.25, -0.2) is 13.1 Å². The maximum absolute atomic E-state index is 12.2. The fraction of sp³-hybridized carbons (Fsp3) is 0.188. The first kappa shape index (κ1) is 17.9. The van der Waals surface area contributed by atoms with Crippen LogP contribution in [0.3, 0.4) is 0 Å². The molecule has 7 heteroatoms. The minimum atomic E-state index is -3.53. The zero-order valence-electron chi connectivity index (χ0n) is 12.7. The second-order valence-electron chi connectivity index (χ2n) is 5.23. The van der Waals surface area contributed by atoms with Crippen molar-refractivity contribution < 1.29 is 13.2 Å². The van der Waals surface area contributed by atoms with E-state index in [1.54, 1.807) is 38.1 Å². The van der Waals surface area contributed by atoms with Crippen molar-refractivity contribution in [3.63, 3.8) is 0 Å². The van der Waals surface area contributed by atoms with Crippen molar-refractivity contribution in [3.05, 3.63) is 57.7 Å². The van der Waals surface area contributed by atoms with Crippen molar-refractivity contribution in [2.24, 2.45) is 0 Å². The van der Waals surface area contributed by atoms with Crippen molar-refractivity contribution in [1.82, 2.24) is 4.72 Å². The van der Waals surface area contributed by atoms with E-state index in [9.17, 15) is 13.2 Å². The van der Waals surface area contributed by atoms with Crippen LogP contribution in [0.25, 0.3) is 0 Å². The number of rotatable bonds is 5. The Morgan fingerprint density at radius 3 is 2.22 bits per heavy atom. The van der Waals surface area contributed by atoms with E-state index in [0.29, 0.717) is 11.3 Å². The summed E-state index contributed by atoms with van der Waals surface area (Å²) in [7, 11) is -3.53. The van der Waals surface area contributed by atoms with Crippen LogP contribution in [-0.2, 0) is 10.0 Å². The van der Waals surface area contributed by atoms with Crippen LogP contribution in [0.2, 0.25) is 0 Å². The Bertz CT molecular complexity index is 802. The highest BCUT2D eigenvalue weighted by molar-refractivity contribution is 14.1. The average Bonchev–Trinajstić information content (AvgIpc) is 2.47. The van der Waals surface area contributed by atoms with E-state index in [2.05, 4.69) is 32.6 Å². The normalized spacial score (nSPS) is 11.5. The Balaban J connectivity index is 2.15. The standard InChI is InChI=1S/C16H17IN2O3S/c1-11(2)19-23(21,22)13-9-7-12(8-10-13)18-16(20)14-5-3-4-6-15(14)17/h3-11,19H,1-2H3,(H,18,20). The first-order valence-electron chi connectivity index (χ1n) is 6.98. The summed E-state index contributed by atoms with van der Waals surface area (Å²) in [5.74, 6) is -0.231. The molecule has 0 aliphatic carbocycles. The van der Waals surface area contributed by atoms with E-state index in [4.69, 9.17) is 0 Å². The molecule has 5 nitrogen and oxygen atoms in total.